The summed E-state index contributed by atoms with van der Waals surface area (Å²) in [6, 6.07) is 6.72. The minimum absolute atomic E-state index is 0.0561. The van der Waals surface area contributed by atoms with Crippen LogP contribution in [0.4, 0.5) is 20.6 Å². The first-order chi connectivity index (χ1) is 13.2. The number of amides is 1. The van der Waals surface area contributed by atoms with Crippen LogP contribution in [0.3, 0.4) is 0 Å². The summed E-state index contributed by atoms with van der Waals surface area (Å²) in [6.07, 6.45) is 3.32. The molecule has 2 aromatic rings. The van der Waals surface area contributed by atoms with Crippen molar-refractivity contribution in [2.45, 2.75) is 19.1 Å². The summed E-state index contributed by atoms with van der Waals surface area (Å²) in [5.74, 6) is -0.397. The van der Waals surface area contributed by atoms with Crippen LogP contribution in [0.15, 0.2) is 41.8 Å². The van der Waals surface area contributed by atoms with Crippen LogP contribution in [-0.2, 0) is 17.7 Å². The number of anilines is 2. The third-order valence-electron chi connectivity index (χ3n) is 4.82. The summed E-state index contributed by atoms with van der Waals surface area (Å²) in [7, 11) is 0. The molecule has 1 fully saturated rings. The average Bonchev–Trinajstić information content (AvgIpc) is 3.06. The maximum Gasteiger partial charge on any atom is 0.414 e. The van der Waals surface area contributed by atoms with Gasteiger partial charge in [0.1, 0.15) is 11.9 Å². The predicted molar refractivity (Wildman–Crippen MR) is 97.0 cm³/mol. The molecular weight excluding hydrogens is 351 g/mol. The average molecular weight is 368 g/mol. The first-order valence-electron chi connectivity index (χ1n) is 8.61. The van der Waals surface area contributed by atoms with E-state index in [0.717, 1.165) is 12.0 Å². The van der Waals surface area contributed by atoms with Gasteiger partial charge in [-0.15, -0.1) is 0 Å². The number of azide groups is 1. The van der Waals surface area contributed by atoms with Crippen molar-refractivity contribution in [2.75, 3.05) is 29.4 Å². The number of aromatic nitrogens is 1. The second kappa shape index (κ2) is 7.13. The van der Waals surface area contributed by atoms with E-state index in [-0.39, 0.29) is 13.1 Å². The van der Waals surface area contributed by atoms with E-state index < -0.39 is 18.0 Å². The lowest BCUT2D eigenvalue weighted by atomic mass is 10.0. The van der Waals surface area contributed by atoms with E-state index in [9.17, 15) is 9.18 Å². The summed E-state index contributed by atoms with van der Waals surface area (Å²) >= 11 is 0. The number of hydrogen-bond acceptors (Lipinski definition) is 5. The summed E-state index contributed by atoms with van der Waals surface area (Å²) in [6.45, 7) is 1.59. The molecule has 9 heteroatoms. The number of rotatable bonds is 4. The van der Waals surface area contributed by atoms with Crippen molar-refractivity contribution in [1.82, 2.24) is 4.98 Å². The van der Waals surface area contributed by atoms with E-state index in [1.165, 1.54) is 16.5 Å². The molecule has 8 nitrogen and oxygen atoms in total. The molecule has 0 radical (unpaired) electrons. The lowest BCUT2D eigenvalue weighted by molar-refractivity contribution is 0.145. The fourth-order valence-corrected chi connectivity index (χ4v) is 3.46. The minimum atomic E-state index is -0.571. The third kappa shape index (κ3) is 3.37. The van der Waals surface area contributed by atoms with Gasteiger partial charge >= 0.3 is 6.09 Å². The van der Waals surface area contributed by atoms with Crippen LogP contribution in [0.1, 0.15) is 11.1 Å². The highest BCUT2D eigenvalue weighted by atomic mass is 19.1. The Morgan fingerprint density at radius 2 is 2.26 bits per heavy atom. The van der Waals surface area contributed by atoms with Gasteiger partial charge in [0.05, 0.1) is 24.5 Å². The number of ether oxygens (including phenoxy) is 1. The van der Waals surface area contributed by atoms with E-state index in [1.54, 1.807) is 18.3 Å². The number of halogens is 1. The van der Waals surface area contributed by atoms with Crippen LogP contribution in [0.5, 0.6) is 0 Å². The zero-order valence-corrected chi connectivity index (χ0v) is 14.5. The molecular formula is C18H17FN6O2. The molecule has 1 aromatic heterocycles. The molecule has 138 valence electrons. The zero-order valence-electron chi connectivity index (χ0n) is 14.5. The van der Waals surface area contributed by atoms with Crippen molar-refractivity contribution in [2.24, 2.45) is 5.11 Å². The first kappa shape index (κ1) is 17.1. The Morgan fingerprint density at radius 3 is 3.07 bits per heavy atom. The van der Waals surface area contributed by atoms with Crippen molar-refractivity contribution in [3.05, 3.63) is 64.0 Å². The molecule has 2 aliphatic rings. The second-order valence-electron chi connectivity index (χ2n) is 6.48. The van der Waals surface area contributed by atoms with Gasteiger partial charge in [-0.2, -0.15) is 0 Å². The van der Waals surface area contributed by atoms with Crippen molar-refractivity contribution in [3.63, 3.8) is 0 Å². The molecule has 0 aliphatic carbocycles. The van der Waals surface area contributed by atoms with Crippen LogP contribution in [0.2, 0.25) is 0 Å². The molecule has 0 bridgehead atoms. The van der Waals surface area contributed by atoms with Crippen LogP contribution >= 0.6 is 0 Å². The smallest absolute Gasteiger partial charge is 0.414 e. The van der Waals surface area contributed by atoms with E-state index in [4.69, 9.17) is 10.3 Å². The van der Waals surface area contributed by atoms with Gasteiger partial charge in [0.2, 0.25) is 0 Å². The van der Waals surface area contributed by atoms with E-state index in [1.807, 2.05) is 17.2 Å². The summed E-state index contributed by atoms with van der Waals surface area (Å²) in [4.78, 5) is 22.1. The fraction of sp³-hybridized carbons (Fsp3) is 0.333. The highest BCUT2D eigenvalue weighted by molar-refractivity contribution is 5.90. The molecule has 1 unspecified atom stereocenters. The summed E-state index contributed by atoms with van der Waals surface area (Å²) < 4.78 is 19.9. The second-order valence-corrected chi connectivity index (χ2v) is 6.48. The molecule has 2 aliphatic heterocycles. The monoisotopic (exact) mass is 368 g/mol. The Kier molecular flexibility index (Phi) is 4.52. The Morgan fingerprint density at radius 1 is 1.37 bits per heavy atom. The minimum Gasteiger partial charge on any atom is -0.444 e. The SMILES string of the molecule is [N-]=[N+]=NCC1CN(c2ccc(N3CCc4ccncc4C3)c(F)c2)C(=O)O1. The van der Waals surface area contributed by atoms with Gasteiger partial charge in [-0.1, -0.05) is 5.11 Å². The Balaban J connectivity index is 1.52. The Labute approximate surface area is 154 Å². The Bertz CT molecular complexity index is 930. The highest BCUT2D eigenvalue weighted by Gasteiger charge is 2.32. The molecule has 27 heavy (non-hydrogen) atoms. The number of benzene rings is 1. The van der Waals surface area contributed by atoms with Crippen LogP contribution in [0, 0.1) is 5.82 Å². The van der Waals surface area contributed by atoms with Crippen molar-refractivity contribution in [1.29, 1.82) is 0 Å². The van der Waals surface area contributed by atoms with Crippen molar-refractivity contribution in [3.8, 4) is 0 Å². The number of hydrogen-bond donors (Lipinski definition) is 0. The highest BCUT2D eigenvalue weighted by Crippen LogP contribution is 2.30. The van der Waals surface area contributed by atoms with E-state index >= 15 is 0 Å². The van der Waals surface area contributed by atoms with E-state index in [0.29, 0.717) is 24.5 Å². The molecule has 1 aromatic carbocycles. The Hall–Kier alpha value is -3.32. The number of nitrogens with zero attached hydrogens (tertiary/aromatic N) is 6. The molecule has 1 saturated heterocycles. The van der Waals surface area contributed by atoms with Gasteiger partial charge in [-0.05, 0) is 47.3 Å². The molecule has 1 atom stereocenters. The topological polar surface area (TPSA) is 94.4 Å². The molecule has 0 spiro atoms. The fourth-order valence-electron chi connectivity index (χ4n) is 3.46. The summed E-state index contributed by atoms with van der Waals surface area (Å²) in [5, 5.41) is 3.42. The van der Waals surface area contributed by atoms with Crippen LogP contribution in [-0.4, -0.2) is 36.8 Å². The van der Waals surface area contributed by atoms with Gasteiger partial charge in [-0.3, -0.25) is 9.88 Å². The van der Waals surface area contributed by atoms with Crippen molar-refractivity contribution >= 4 is 17.5 Å². The summed E-state index contributed by atoms with van der Waals surface area (Å²) in [5.41, 5.74) is 11.6. The number of fused-ring (bicyclic) bond motifs is 1. The molecule has 0 saturated carbocycles. The molecule has 3 heterocycles. The maximum atomic E-state index is 14.8. The number of cyclic esters (lactones) is 1. The molecule has 4 rings (SSSR count). The van der Waals surface area contributed by atoms with Gasteiger partial charge < -0.3 is 9.64 Å². The maximum absolute atomic E-state index is 14.8. The zero-order chi connectivity index (χ0) is 18.8. The molecule has 0 N–H and O–H groups in total. The lowest BCUT2D eigenvalue weighted by Crippen LogP contribution is -2.31. The molecule has 1 amide bonds. The third-order valence-corrected chi connectivity index (χ3v) is 4.82. The largest absolute Gasteiger partial charge is 0.444 e. The lowest BCUT2D eigenvalue weighted by Gasteiger charge is -2.31. The van der Waals surface area contributed by atoms with Gasteiger partial charge in [0.15, 0.2) is 0 Å². The predicted octanol–water partition coefficient (Wildman–Crippen LogP) is 3.42. The van der Waals surface area contributed by atoms with Crippen molar-refractivity contribution < 1.29 is 13.9 Å². The van der Waals surface area contributed by atoms with Gasteiger partial charge in [-0.25, -0.2) is 9.18 Å². The quantitative estimate of drug-likeness (QED) is 0.469. The number of pyridine rings is 1. The normalized spacial score (nSPS) is 18.7. The van der Waals surface area contributed by atoms with Gasteiger partial charge in [0.25, 0.3) is 0 Å². The van der Waals surface area contributed by atoms with E-state index in [2.05, 4.69) is 15.0 Å². The van der Waals surface area contributed by atoms with Gasteiger partial charge in [0, 0.05) is 30.4 Å². The number of carbonyl (C=O) groups is 1. The van der Waals surface area contributed by atoms with Crippen LogP contribution in [0.25, 0.3) is 10.4 Å². The standard InChI is InChI=1S/C18H17FN6O2/c19-16-7-14(25-11-15(9-22-23-20)27-18(25)26)1-2-17(16)24-6-4-12-3-5-21-8-13(12)10-24/h1-3,5,7-8,15H,4,6,9-11H2. The van der Waals surface area contributed by atoms with Crippen LogP contribution < -0.4 is 9.80 Å². The first-order valence-corrected chi connectivity index (χ1v) is 8.61. The number of carbonyl (C=O) groups excluding carboxylic acids is 1.